The summed E-state index contributed by atoms with van der Waals surface area (Å²) in [5.41, 5.74) is 5.21. The number of hydrogen-bond donors (Lipinski definition) is 1. The number of hydrogen-bond acceptors (Lipinski definition) is 3. The highest BCUT2D eigenvalue weighted by Gasteiger charge is 2.22. The molecule has 0 aliphatic carbocycles. The zero-order valence-electron chi connectivity index (χ0n) is 14.5. The molecule has 1 N–H and O–H groups in total. The van der Waals surface area contributed by atoms with Gasteiger partial charge in [-0.2, -0.15) is 0 Å². The maximum absolute atomic E-state index is 11.3. The summed E-state index contributed by atoms with van der Waals surface area (Å²) in [4.78, 5) is 13.7. The highest BCUT2D eigenvalue weighted by Crippen LogP contribution is 2.29. The van der Waals surface area contributed by atoms with Crippen molar-refractivity contribution >= 4 is 5.91 Å². The third-order valence-corrected chi connectivity index (χ3v) is 4.72. The molecule has 122 valence electrons. The predicted octanol–water partition coefficient (Wildman–Crippen LogP) is 2.72. The number of nitrogens with one attached hydrogen (secondary N) is 1. The van der Waals surface area contributed by atoms with Gasteiger partial charge in [0.2, 0.25) is 5.91 Å². The van der Waals surface area contributed by atoms with Gasteiger partial charge in [-0.05, 0) is 68.5 Å². The van der Waals surface area contributed by atoms with E-state index in [1.54, 1.807) is 14.0 Å². The van der Waals surface area contributed by atoms with Gasteiger partial charge in [0.15, 0.2) is 0 Å². The largest absolute Gasteiger partial charge is 0.496 e. The molecule has 1 aliphatic heterocycles. The van der Waals surface area contributed by atoms with E-state index in [1.165, 1.54) is 22.3 Å². The van der Waals surface area contributed by atoms with Gasteiger partial charge < -0.3 is 10.1 Å². The first-order chi connectivity index (χ1) is 10.4. The summed E-state index contributed by atoms with van der Waals surface area (Å²) in [5, 5.41) is 3.06. The number of ether oxygens (including phenoxy) is 1. The highest BCUT2D eigenvalue weighted by atomic mass is 16.5. The van der Waals surface area contributed by atoms with Crippen molar-refractivity contribution in [3.63, 3.8) is 0 Å². The third-order valence-electron chi connectivity index (χ3n) is 4.72. The molecule has 1 saturated heterocycles. The van der Waals surface area contributed by atoms with Crippen LogP contribution in [-0.2, 0) is 11.3 Å². The molecule has 2 rings (SSSR count). The number of carbonyl (C=O) groups is 1. The van der Waals surface area contributed by atoms with E-state index in [0.717, 1.165) is 38.2 Å². The average Bonchev–Trinajstić information content (AvgIpc) is 2.47. The van der Waals surface area contributed by atoms with Crippen molar-refractivity contribution in [3.05, 3.63) is 28.3 Å². The topological polar surface area (TPSA) is 41.6 Å². The summed E-state index contributed by atoms with van der Waals surface area (Å²) in [6, 6.07) is 2.42. The number of amides is 1. The zero-order chi connectivity index (χ0) is 16.3. The summed E-state index contributed by atoms with van der Waals surface area (Å²) in [6.07, 6.45) is 2.22. The summed E-state index contributed by atoms with van der Waals surface area (Å²) < 4.78 is 5.45. The lowest BCUT2D eigenvalue weighted by atomic mass is 9.96. The van der Waals surface area contributed by atoms with Gasteiger partial charge in [0, 0.05) is 26.1 Å². The van der Waals surface area contributed by atoms with Crippen LogP contribution in [0.2, 0.25) is 0 Å². The number of methoxy groups -OCH3 is 1. The quantitative estimate of drug-likeness (QED) is 0.930. The molecular weight excluding hydrogens is 276 g/mol. The van der Waals surface area contributed by atoms with Crippen molar-refractivity contribution in [1.29, 1.82) is 0 Å². The minimum Gasteiger partial charge on any atom is -0.496 e. The van der Waals surface area contributed by atoms with Crippen LogP contribution in [0.15, 0.2) is 6.07 Å². The first-order valence-electron chi connectivity index (χ1n) is 8.05. The van der Waals surface area contributed by atoms with E-state index >= 15 is 0 Å². The first-order valence-corrected chi connectivity index (χ1v) is 8.05. The van der Waals surface area contributed by atoms with Crippen LogP contribution in [0.3, 0.4) is 0 Å². The van der Waals surface area contributed by atoms with Crippen LogP contribution in [0, 0.1) is 20.8 Å². The minimum atomic E-state index is 0.0690. The van der Waals surface area contributed by atoms with Gasteiger partial charge in [-0.1, -0.05) is 0 Å². The fourth-order valence-corrected chi connectivity index (χ4v) is 3.38. The van der Waals surface area contributed by atoms with Crippen LogP contribution >= 0.6 is 0 Å². The van der Waals surface area contributed by atoms with E-state index in [1.807, 2.05) is 0 Å². The first kappa shape index (κ1) is 16.8. The Kier molecular flexibility index (Phi) is 5.46. The highest BCUT2D eigenvalue weighted by molar-refractivity contribution is 5.73. The average molecular weight is 304 g/mol. The fraction of sp³-hybridized carbons (Fsp3) is 0.611. The maximum atomic E-state index is 11.3. The molecule has 0 saturated carbocycles. The second-order valence-electron chi connectivity index (χ2n) is 6.40. The monoisotopic (exact) mass is 304 g/mol. The third kappa shape index (κ3) is 3.80. The van der Waals surface area contributed by atoms with E-state index < -0.39 is 0 Å². The van der Waals surface area contributed by atoms with Gasteiger partial charge in [0.1, 0.15) is 5.75 Å². The molecule has 0 radical (unpaired) electrons. The van der Waals surface area contributed by atoms with Gasteiger partial charge in [0.05, 0.1) is 7.11 Å². The zero-order valence-corrected chi connectivity index (χ0v) is 14.5. The standard InChI is InChI=1S/C18H28N2O2/c1-12-9-18(22-5)14(3)13(2)17(12)11-20-8-6-7-16(10-20)19-15(4)21/h9,16H,6-8,10-11H2,1-5H3,(H,19,21)/t16-/m0/s1. The summed E-state index contributed by atoms with van der Waals surface area (Å²) in [5.74, 6) is 1.04. The molecule has 1 atom stereocenters. The Morgan fingerprint density at radius 2 is 2.09 bits per heavy atom. The Bertz CT molecular complexity index is 555. The molecule has 1 aromatic carbocycles. The fourth-order valence-electron chi connectivity index (χ4n) is 3.38. The second-order valence-corrected chi connectivity index (χ2v) is 6.40. The van der Waals surface area contributed by atoms with E-state index in [9.17, 15) is 4.79 Å². The number of benzene rings is 1. The molecule has 0 bridgehead atoms. The number of likely N-dealkylation sites (tertiary alicyclic amines) is 1. The van der Waals surface area contributed by atoms with E-state index in [2.05, 4.69) is 37.1 Å². The van der Waals surface area contributed by atoms with Crippen LogP contribution in [0.5, 0.6) is 5.75 Å². The Balaban J connectivity index is 2.13. The molecule has 1 heterocycles. The summed E-state index contributed by atoms with van der Waals surface area (Å²) >= 11 is 0. The van der Waals surface area contributed by atoms with Gasteiger partial charge >= 0.3 is 0 Å². The minimum absolute atomic E-state index is 0.0690. The van der Waals surface area contributed by atoms with Crippen LogP contribution in [0.4, 0.5) is 0 Å². The van der Waals surface area contributed by atoms with Gasteiger partial charge in [-0.3, -0.25) is 9.69 Å². The Morgan fingerprint density at radius 1 is 1.36 bits per heavy atom. The van der Waals surface area contributed by atoms with E-state index in [0.29, 0.717) is 0 Å². The molecule has 4 heteroatoms. The van der Waals surface area contributed by atoms with Crippen LogP contribution in [-0.4, -0.2) is 37.0 Å². The van der Waals surface area contributed by atoms with Crippen molar-refractivity contribution < 1.29 is 9.53 Å². The molecule has 0 spiro atoms. The van der Waals surface area contributed by atoms with E-state index in [-0.39, 0.29) is 11.9 Å². The van der Waals surface area contributed by atoms with Gasteiger partial charge in [-0.15, -0.1) is 0 Å². The molecular formula is C18H28N2O2. The Hall–Kier alpha value is -1.55. The van der Waals surface area contributed by atoms with Crippen LogP contribution in [0.25, 0.3) is 0 Å². The van der Waals surface area contributed by atoms with E-state index in [4.69, 9.17) is 4.74 Å². The number of nitrogens with zero attached hydrogens (tertiary/aromatic N) is 1. The number of aryl methyl sites for hydroxylation is 1. The number of carbonyl (C=O) groups excluding carboxylic acids is 1. The number of piperidine rings is 1. The molecule has 1 amide bonds. The lowest BCUT2D eigenvalue weighted by Gasteiger charge is -2.34. The SMILES string of the molecule is COc1cc(C)c(CN2CCC[C@H](NC(C)=O)C2)c(C)c1C. The lowest BCUT2D eigenvalue weighted by molar-refractivity contribution is -0.120. The van der Waals surface area contributed by atoms with Crippen molar-refractivity contribution in [1.82, 2.24) is 10.2 Å². The Labute approximate surface area is 133 Å². The van der Waals surface area contributed by atoms with Crippen LogP contribution in [0.1, 0.15) is 42.0 Å². The van der Waals surface area contributed by atoms with Crippen molar-refractivity contribution in [3.8, 4) is 5.75 Å². The predicted molar refractivity (Wildman–Crippen MR) is 89.3 cm³/mol. The Morgan fingerprint density at radius 3 is 2.73 bits per heavy atom. The number of rotatable bonds is 4. The normalized spacial score (nSPS) is 19.0. The van der Waals surface area contributed by atoms with Crippen molar-refractivity contribution in [2.24, 2.45) is 0 Å². The molecule has 0 aromatic heterocycles. The smallest absolute Gasteiger partial charge is 0.217 e. The molecule has 1 aliphatic rings. The molecule has 1 fully saturated rings. The molecule has 0 unspecified atom stereocenters. The van der Waals surface area contributed by atoms with Gasteiger partial charge in [-0.25, -0.2) is 0 Å². The van der Waals surface area contributed by atoms with Gasteiger partial charge in [0.25, 0.3) is 0 Å². The molecule has 4 nitrogen and oxygen atoms in total. The van der Waals surface area contributed by atoms with Crippen molar-refractivity contribution in [2.45, 2.75) is 53.1 Å². The van der Waals surface area contributed by atoms with Crippen molar-refractivity contribution in [2.75, 3.05) is 20.2 Å². The summed E-state index contributed by atoms with van der Waals surface area (Å²) in [6.45, 7) is 11.0. The second kappa shape index (κ2) is 7.14. The van der Waals surface area contributed by atoms with Crippen LogP contribution < -0.4 is 10.1 Å². The molecule has 1 aromatic rings. The maximum Gasteiger partial charge on any atom is 0.217 e. The molecule has 22 heavy (non-hydrogen) atoms. The summed E-state index contributed by atoms with van der Waals surface area (Å²) in [7, 11) is 1.73. The lowest BCUT2D eigenvalue weighted by Crippen LogP contribution is -2.46.